The standard InChI is InChI=1S/C20H24N2O.ClH/c1-14(13-21)22-20(23)8-4-5-15-9-10-17-12-16-6-2-3-7-18(16)19(17)11-15;/h2-3,6-7,9-11,14H,4-5,8,12-13,21H2,1H3,(H,22,23);1H/t14-;/m0./s1. The molecule has 3 rings (SSSR count). The number of nitrogens with two attached hydrogens (primary N) is 1. The van der Waals surface area contributed by atoms with Gasteiger partial charge in [-0.2, -0.15) is 0 Å². The van der Waals surface area contributed by atoms with Gasteiger partial charge < -0.3 is 11.1 Å². The van der Waals surface area contributed by atoms with Crippen LogP contribution < -0.4 is 11.1 Å². The van der Waals surface area contributed by atoms with Crippen LogP contribution in [0.4, 0.5) is 0 Å². The van der Waals surface area contributed by atoms with E-state index in [-0.39, 0.29) is 24.4 Å². The average molecular weight is 345 g/mol. The Morgan fingerprint density at radius 3 is 2.71 bits per heavy atom. The van der Waals surface area contributed by atoms with E-state index in [0.717, 1.165) is 19.3 Å². The number of carbonyl (C=O) groups is 1. The molecule has 2 aromatic rings. The number of amides is 1. The zero-order valence-electron chi connectivity index (χ0n) is 14.0. The maximum atomic E-state index is 11.8. The van der Waals surface area contributed by atoms with Crippen LogP contribution in [-0.2, 0) is 17.6 Å². The second-order valence-corrected chi connectivity index (χ2v) is 6.38. The molecule has 1 aliphatic carbocycles. The van der Waals surface area contributed by atoms with Crippen molar-refractivity contribution in [3.8, 4) is 11.1 Å². The minimum absolute atomic E-state index is 0. The molecule has 3 nitrogen and oxygen atoms in total. The number of halogens is 1. The summed E-state index contributed by atoms with van der Waals surface area (Å²) < 4.78 is 0. The molecule has 0 heterocycles. The molecule has 3 N–H and O–H groups in total. The zero-order chi connectivity index (χ0) is 16.2. The molecule has 0 aliphatic heterocycles. The van der Waals surface area contributed by atoms with E-state index in [1.165, 1.54) is 27.8 Å². The quantitative estimate of drug-likeness (QED) is 0.719. The summed E-state index contributed by atoms with van der Waals surface area (Å²) in [6.45, 7) is 2.41. The molecule has 0 saturated carbocycles. The number of aryl methyl sites for hydroxylation is 1. The molecule has 1 aliphatic rings. The van der Waals surface area contributed by atoms with Crippen LogP contribution in [0.25, 0.3) is 11.1 Å². The maximum Gasteiger partial charge on any atom is 0.220 e. The molecule has 4 heteroatoms. The lowest BCUT2D eigenvalue weighted by Crippen LogP contribution is -2.37. The molecule has 1 atom stereocenters. The van der Waals surface area contributed by atoms with Crippen LogP contribution in [0.5, 0.6) is 0 Å². The molecule has 0 unspecified atom stereocenters. The normalized spacial score (nSPS) is 12.8. The van der Waals surface area contributed by atoms with Crippen molar-refractivity contribution < 1.29 is 4.79 Å². The summed E-state index contributed by atoms with van der Waals surface area (Å²) in [4.78, 5) is 11.8. The number of rotatable bonds is 6. The van der Waals surface area contributed by atoms with E-state index in [9.17, 15) is 4.79 Å². The predicted octanol–water partition coefficient (Wildman–Crippen LogP) is 3.47. The van der Waals surface area contributed by atoms with Crippen molar-refractivity contribution in [2.24, 2.45) is 5.73 Å². The van der Waals surface area contributed by atoms with E-state index in [0.29, 0.717) is 13.0 Å². The summed E-state index contributed by atoms with van der Waals surface area (Å²) in [7, 11) is 0. The van der Waals surface area contributed by atoms with Gasteiger partial charge in [-0.25, -0.2) is 0 Å². The van der Waals surface area contributed by atoms with Crippen molar-refractivity contribution in [3.05, 3.63) is 59.2 Å². The Morgan fingerprint density at radius 2 is 1.92 bits per heavy atom. The molecule has 128 valence electrons. The molecule has 1 amide bonds. The molecule has 0 saturated heterocycles. The monoisotopic (exact) mass is 344 g/mol. The number of nitrogens with one attached hydrogen (secondary N) is 1. The highest BCUT2D eigenvalue weighted by Crippen LogP contribution is 2.36. The zero-order valence-corrected chi connectivity index (χ0v) is 14.9. The van der Waals surface area contributed by atoms with Gasteiger partial charge in [0.15, 0.2) is 0 Å². The van der Waals surface area contributed by atoms with Gasteiger partial charge in [0.1, 0.15) is 0 Å². The third-order valence-electron chi connectivity index (χ3n) is 4.49. The first-order valence-electron chi connectivity index (χ1n) is 8.37. The fraction of sp³-hybridized carbons (Fsp3) is 0.350. The van der Waals surface area contributed by atoms with Crippen LogP contribution in [0.1, 0.15) is 36.5 Å². The smallest absolute Gasteiger partial charge is 0.220 e. The highest BCUT2D eigenvalue weighted by Gasteiger charge is 2.17. The topological polar surface area (TPSA) is 55.1 Å². The Morgan fingerprint density at radius 1 is 1.17 bits per heavy atom. The molecule has 0 spiro atoms. The van der Waals surface area contributed by atoms with Crippen LogP contribution in [0.3, 0.4) is 0 Å². The van der Waals surface area contributed by atoms with Crippen molar-refractivity contribution >= 4 is 18.3 Å². The van der Waals surface area contributed by atoms with Crippen molar-refractivity contribution in [1.82, 2.24) is 5.32 Å². The third kappa shape index (κ3) is 4.16. The van der Waals surface area contributed by atoms with Crippen LogP contribution in [0, 0.1) is 0 Å². The van der Waals surface area contributed by atoms with Crippen LogP contribution in [-0.4, -0.2) is 18.5 Å². The lowest BCUT2D eigenvalue weighted by molar-refractivity contribution is -0.121. The van der Waals surface area contributed by atoms with Gasteiger partial charge in [-0.05, 0) is 54.0 Å². The van der Waals surface area contributed by atoms with Crippen molar-refractivity contribution in [2.45, 2.75) is 38.6 Å². The van der Waals surface area contributed by atoms with E-state index < -0.39 is 0 Å². The highest BCUT2D eigenvalue weighted by molar-refractivity contribution is 5.85. The van der Waals surface area contributed by atoms with Crippen LogP contribution in [0.15, 0.2) is 42.5 Å². The summed E-state index contributed by atoms with van der Waals surface area (Å²) in [6.07, 6.45) is 3.38. The maximum absolute atomic E-state index is 11.8. The van der Waals surface area contributed by atoms with Gasteiger partial charge in [-0.3, -0.25) is 4.79 Å². The van der Waals surface area contributed by atoms with Crippen LogP contribution >= 0.6 is 12.4 Å². The first-order chi connectivity index (χ1) is 11.2. The molecule has 0 bridgehead atoms. The lowest BCUT2D eigenvalue weighted by Gasteiger charge is -2.11. The second-order valence-electron chi connectivity index (χ2n) is 6.38. The van der Waals surface area contributed by atoms with Gasteiger partial charge in [-0.1, -0.05) is 42.5 Å². The molecule has 0 fully saturated rings. The lowest BCUT2D eigenvalue weighted by atomic mass is 10.00. The van der Waals surface area contributed by atoms with E-state index >= 15 is 0 Å². The van der Waals surface area contributed by atoms with Gasteiger partial charge in [0.25, 0.3) is 0 Å². The summed E-state index contributed by atoms with van der Waals surface area (Å²) >= 11 is 0. The molecular formula is C20H25ClN2O. The average Bonchev–Trinajstić information content (AvgIpc) is 2.92. The van der Waals surface area contributed by atoms with E-state index in [2.05, 4.69) is 47.8 Å². The summed E-state index contributed by atoms with van der Waals surface area (Å²) in [5.74, 6) is 0.0921. The van der Waals surface area contributed by atoms with E-state index in [1.54, 1.807) is 0 Å². The second kappa shape index (κ2) is 8.32. The minimum atomic E-state index is 0. The van der Waals surface area contributed by atoms with E-state index in [1.807, 2.05) is 6.92 Å². The summed E-state index contributed by atoms with van der Waals surface area (Å²) in [6, 6.07) is 15.4. The fourth-order valence-electron chi connectivity index (χ4n) is 3.19. The first kappa shape index (κ1) is 18.5. The summed E-state index contributed by atoms with van der Waals surface area (Å²) in [5.41, 5.74) is 12.4. The minimum Gasteiger partial charge on any atom is -0.352 e. The molecule has 0 radical (unpaired) electrons. The van der Waals surface area contributed by atoms with Crippen molar-refractivity contribution in [1.29, 1.82) is 0 Å². The molecule has 0 aromatic heterocycles. The Hall–Kier alpha value is -1.84. The number of hydrogen-bond acceptors (Lipinski definition) is 2. The van der Waals surface area contributed by atoms with Gasteiger partial charge >= 0.3 is 0 Å². The largest absolute Gasteiger partial charge is 0.352 e. The van der Waals surface area contributed by atoms with Gasteiger partial charge in [0.05, 0.1) is 0 Å². The summed E-state index contributed by atoms with van der Waals surface area (Å²) in [5, 5.41) is 2.91. The number of hydrogen-bond donors (Lipinski definition) is 2. The molecule has 2 aromatic carbocycles. The number of fused-ring (bicyclic) bond motifs is 3. The van der Waals surface area contributed by atoms with E-state index in [4.69, 9.17) is 5.73 Å². The van der Waals surface area contributed by atoms with Gasteiger partial charge in [0, 0.05) is 19.0 Å². The molecular weight excluding hydrogens is 320 g/mol. The fourth-order valence-corrected chi connectivity index (χ4v) is 3.19. The third-order valence-corrected chi connectivity index (χ3v) is 4.49. The Balaban J connectivity index is 0.00000208. The number of carbonyl (C=O) groups excluding carboxylic acids is 1. The predicted molar refractivity (Wildman–Crippen MR) is 102 cm³/mol. The first-order valence-corrected chi connectivity index (χ1v) is 8.37. The SMILES string of the molecule is C[C@@H](CN)NC(=O)CCCc1ccc2c(c1)-c1ccccc1C2.Cl. The van der Waals surface area contributed by atoms with Crippen molar-refractivity contribution in [3.63, 3.8) is 0 Å². The van der Waals surface area contributed by atoms with Crippen molar-refractivity contribution in [2.75, 3.05) is 6.54 Å². The Kier molecular flexibility index (Phi) is 6.41. The van der Waals surface area contributed by atoms with Gasteiger partial charge in [0.2, 0.25) is 5.91 Å². The Labute approximate surface area is 150 Å². The molecule has 24 heavy (non-hydrogen) atoms. The van der Waals surface area contributed by atoms with Crippen LogP contribution in [0.2, 0.25) is 0 Å². The Bertz CT molecular complexity index is 715. The van der Waals surface area contributed by atoms with Gasteiger partial charge in [-0.15, -0.1) is 12.4 Å². The number of benzene rings is 2. The highest BCUT2D eigenvalue weighted by atomic mass is 35.5.